The molecule has 0 spiro atoms. The predicted molar refractivity (Wildman–Crippen MR) is 98.2 cm³/mol. The maximum absolute atomic E-state index is 12.2. The smallest absolute Gasteiger partial charge is 0.258 e. The van der Waals surface area contributed by atoms with Crippen LogP contribution in [0.4, 0.5) is 0 Å². The molecule has 0 fully saturated rings. The van der Waals surface area contributed by atoms with Gasteiger partial charge in [0.25, 0.3) is 5.91 Å². The van der Waals surface area contributed by atoms with E-state index in [9.17, 15) is 4.79 Å². The molecule has 2 aromatic heterocycles. The van der Waals surface area contributed by atoms with Gasteiger partial charge in [0, 0.05) is 23.7 Å². The number of nitrogens with zero attached hydrogens (tertiary/aromatic N) is 2. The summed E-state index contributed by atoms with van der Waals surface area (Å²) in [6.07, 6.45) is 1.35. The number of aromatic nitrogens is 2. The minimum absolute atomic E-state index is 0.172. The normalized spacial score (nSPS) is 10.7. The van der Waals surface area contributed by atoms with Gasteiger partial charge in [0.05, 0.1) is 14.2 Å². The van der Waals surface area contributed by atoms with E-state index >= 15 is 0 Å². The van der Waals surface area contributed by atoms with Crippen LogP contribution in [0, 0.1) is 13.8 Å². The van der Waals surface area contributed by atoms with Gasteiger partial charge in [0.1, 0.15) is 29.0 Å². The van der Waals surface area contributed by atoms with Crippen molar-refractivity contribution >= 4 is 17.0 Å². The molecular formula is C19H21N3O5. The lowest BCUT2D eigenvalue weighted by atomic mass is 10.2. The molecule has 1 amide bonds. The van der Waals surface area contributed by atoms with Crippen LogP contribution in [0.15, 0.2) is 28.9 Å². The summed E-state index contributed by atoms with van der Waals surface area (Å²) >= 11 is 0. The molecule has 0 atom stereocenters. The summed E-state index contributed by atoms with van der Waals surface area (Å²) < 4.78 is 21.6. The van der Waals surface area contributed by atoms with Crippen molar-refractivity contribution in [3.05, 3.63) is 41.4 Å². The molecule has 1 aromatic carbocycles. The van der Waals surface area contributed by atoms with E-state index in [1.807, 2.05) is 26.0 Å². The van der Waals surface area contributed by atoms with Gasteiger partial charge in [-0.1, -0.05) is 0 Å². The third kappa shape index (κ3) is 3.94. The third-order valence-electron chi connectivity index (χ3n) is 4.24. The molecular weight excluding hydrogens is 350 g/mol. The number of ether oxygens (including phenoxy) is 3. The molecule has 0 aliphatic rings. The lowest BCUT2D eigenvalue weighted by Gasteiger charge is -2.11. The van der Waals surface area contributed by atoms with Crippen molar-refractivity contribution in [3.8, 4) is 17.4 Å². The number of furan rings is 1. The Hall–Kier alpha value is -3.29. The molecule has 3 rings (SSSR count). The topological polar surface area (TPSA) is 95.7 Å². The lowest BCUT2D eigenvalue weighted by molar-refractivity contribution is -0.123. The highest BCUT2D eigenvalue weighted by molar-refractivity contribution is 5.84. The first-order chi connectivity index (χ1) is 13.0. The number of fused-ring (bicyclic) bond motifs is 1. The zero-order valence-electron chi connectivity index (χ0n) is 15.7. The van der Waals surface area contributed by atoms with Crippen molar-refractivity contribution in [2.24, 2.45) is 0 Å². The van der Waals surface area contributed by atoms with Gasteiger partial charge in [0.15, 0.2) is 6.61 Å². The highest BCUT2D eigenvalue weighted by atomic mass is 16.5. The number of carbonyl (C=O) groups excluding carboxylic acids is 1. The number of aryl methyl sites for hydroxylation is 2. The van der Waals surface area contributed by atoms with Crippen molar-refractivity contribution in [3.63, 3.8) is 0 Å². The molecule has 8 nitrogen and oxygen atoms in total. The van der Waals surface area contributed by atoms with Crippen LogP contribution in [0.5, 0.6) is 17.4 Å². The Morgan fingerprint density at radius 1 is 1.19 bits per heavy atom. The van der Waals surface area contributed by atoms with Crippen molar-refractivity contribution < 1.29 is 23.4 Å². The predicted octanol–water partition coefficient (Wildman–Crippen LogP) is 2.55. The maximum atomic E-state index is 12.2. The molecule has 0 bridgehead atoms. The summed E-state index contributed by atoms with van der Waals surface area (Å²) in [5, 5.41) is 3.48. The Kier molecular flexibility index (Phi) is 5.44. The Morgan fingerprint density at radius 2 is 2.00 bits per heavy atom. The Labute approximate surface area is 156 Å². The molecule has 0 unspecified atom stereocenters. The van der Waals surface area contributed by atoms with Gasteiger partial charge in [-0.2, -0.15) is 0 Å². The molecule has 142 valence electrons. The fourth-order valence-electron chi connectivity index (χ4n) is 2.64. The van der Waals surface area contributed by atoms with E-state index in [1.54, 1.807) is 20.3 Å². The molecule has 8 heteroatoms. The van der Waals surface area contributed by atoms with Crippen molar-refractivity contribution in [2.45, 2.75) is 20.4 Å². The quantitative estimate of drug-likeness (QED) is 0.682. The van der Waals surface area contributed by atoms with Crippen LogP contribution in [-0.4, -0.2) is 36.7 Å². The first-order valence-electron chi connectivity index (χ1n) is 8.34. The van der Waals surface area contributed by atoms with Gasteiger partial charge in [0.2, 0.25) is 11.6 Å². The number of amides is 1. The fourth-order valence-corrected chi connectivity index (χ4v) is 2.64. The Bertz CT molecular complexity index is 967. The molecule has 2 heterocycles. The van der Waals surface area contributed by atoms with Gasteiger partial charge in [-0.15, -0.1) is 0 Å². The van der Waals surface area contributed by atoms with E-state index in [-0.39, 0.29) is 12.5 Å². The molecule has 0 radical (unpaired) electrons. The summed E-state index contributed by atoms with van der Waals surface area (Å²) in [6.45, 7) is 3.87. The SMILES string of the molecule is COc1ccc(CNC(=O)COc2ncnc3oc(C)c(C)c23)c(OC)c1. The van der Waals surface area contributed by atoms with Gasteiger partial charge >= 0.3 is 0 Å². The Morgan fingerprint density at radius 3 is 2.74 bits per heavy atom. The monoisotopic (exact) mass is 371 g/mol. The number of nitrogens with one attached hydrogen (secondary N) is 1. The van der Waals surface area contributed by atoms with E-state index in [4.69, 9.17) is 18.6 Å². The summed E-state index contributed by atoms with van der Waals surface area (Å²) in [4.78, 5) is 20.4. The first kappa shape index (κ1) is 18.5. The molecule has 0 saturated heterocycles. The van der Waals surface area contributed by atoms with Crippen LogP contribution in [0.1, 0.15) is 16.9 Å². The average molecular weight is 371 g/mol. The van der Waals surface area contributed by atoms with Crippen LogP contribution < -0.4 is 19.5 Å². The number of methoxy groups -OCH3 is 2. The van der Waals surface area contributed by atoms with Crippen LogP contribution in [-0.2, 0) is 11.3 Å². The number of carbonyl (C=O) groups is 1. The number of hydrogen-bond donors (Lipinski definition) is 1. The van der Waals surface area contributed by atoms with E-state index in [1.165, 1.54) is 6.33 Å². The standard InChI is InChI=1S/C19H21N3O5/c1-11-12(2)27-19-17(11)18(21-10-22-19)26-9-16(23)20-8-13-5-6-14(24-3)7-15(13)25-4/h5-7,10H,8-9H2,1-4H3,(H,20,23). The lowest BCUT2D eigenvalue weighted by Crippen LogP contribution is -2.28. The zero-order valence-corrected chi connectivity index (χ0v) is 15.7. The Balaban J connectivity index is 1.63. The van der Waals surface area contributed by atoms with E-state index in [0.717, 1.165) is 16.9 Å². The molecule has 27 heavy (non-hydrogen) atoms. The second-order valence-corrected chi connectivity index (χ2v) is 5.89. The van der Waals surface area contributed by atoms with Crippen molar-refractivity contribution in [2.75, 3.05) is 20.8 Å². The van der Waals surface area contributed by atoms with Crippen LogP contribution in [0.2, 0.25) is 0 Å². The largest absolute Gasteiger partial charge is 0.497 e. The fraction of sp³-hybridized carbons (Fsp3) is 0.316. The van der Waals surface area contributed by atoms with Crippen molar-refractivity contribution in [1.29, 1.82) is 0 Å². The highest BCUT2D eigenvalue weighted by Crippen LogP contribution is 2.29. The first-order valence-corrected chi connectivity index (χ1v) is 8.34. The minimum Gasteiger partial charge on any atom is -0.497 e. The van der Waals surface area contributed by atoms with Crippen LogP contribution in [0.3, 0.4) is 0 Å². The zero-order chi connectivity index (χ0) is 19.4. The summed E-state index contributed by atoms with van der Waals surface area (Å²) in [7, 11) is 3.15. The van der Waals surface area contributed by atoms with Crippen molar-refractivity contribution in [1.82, 2.24) is 15.3 Å². The van der Waals surface area contributed by atoms with E-state index in [0.29, 0.717) is 35.0 Å². The summed E-state index contributed by atoms with van der Waals surface area (Å²) in [6, 6.07) is 5.41. The molecule has 1 N–H and O–H groups in total. The third-order valence-corrected chi connectivity index (χ3v) is 4.24. The van der Waals surface area contributed by atoms with Gasteiger partial charge in [-0.25, -0.2) is 9.97 Å². The number of benzene rings is 1. The number of rotatable bonds is 7. The van der Waals surface area contributed by atoms with Gasteiger partial charge < -0.3 is 23.9 Å². The van der Waals surface area contributed by atoms with E-state index in [2.05, 4.69) is 15.3 Å². The number of hydrogen-bond acceptors (Lipinski definition) is 7. The second-order valence-electron chi connectivity index (χ2n) is 5.89. The summed E-state index contributed by atoms with van der Waals surface area (Å²) in [5.74, 6) is 2.11. The van der Waals surface area contributed by atoms with Gasteiger partial charge in [-0.3, -0.25) is 4.79 Å². The maximum Gasteiger partial charge on any atom is 0.258 e. The average Bonchev–Trinajstić information content (AvgIpc) is 2.99. The van der Waals surface area contributed by atoms with Gasteiger partial charge in [-0.05, 0) is 26.0 Å². The molecule has 0 saturated carbocycles. The minimum atomic E-state index is -0.280. The highest BCUT2D eigenvalue weighted by Gasteiger charge is 2.16. The second kappa shape index (κ2) is 7.94. The van der Waals surface area contributed by atoms with E-state index < -0.39 is 0 Å². The molecule has 3 aromatic rings. The molecule has 0 aliphatic heterocycles. The van der Waals surface area contributed by atoms with Crippen LogP contribution in [0.25, 0.3) is 11.1 Å². The van der Waals surface area contributed by atoms with Crippen LogP contribution >= 0.6 is 0 Å². The summed E-state index contributed by atoms with van der Waals surface area (Å²) in [5.41, 5.74) is 2.17. The molecule has 0 aliphatic carbocycles.